The number of fused-ring (bicyclic) bond motifs is 4. The van der Waals surface area contributed by atoms with E-state index in [2.05, 4.69) is 20.8 Å². The Morgan fingerprint density at radius 1 is 1.19 bits per heavy atom. The standard InChI is InChI=1S/C26H34O5/c1-5-21(27)29-20-15-26(16(2)3)25(23-17(4)11-13-19(23)24(20)31-26)30-22(28)14-12-18-9-7-6-8-10-18/h6-10,12,14,16-17,19-20,23-25H,5,11,13,15H2,1-4H3/b14-12+/t17-,19-,20?,23-,24+,25+,26-/m1/s1. The van der Waals surface area contributed by atoms with Gasteiger partial charge in [0.25, 0.3) is 0 Å². The molecule has 0 aromatic heterocycles. The minimum atomic E-state index is -0.626. The largest absolute Gasteiger partial charge is 0.459 e. The molecule has 0 amide bonds. The summed E-state index contributed by atoms with van der Waals surface area (Å²) in [4.78, 5) is 25.0. The molecule has 4 rings (SSSR count). The van der Waals surface area contributed by atoms with Gasteiger partial charge in [-0.25, -0.2) is 4.79 Å². The Kier molecular flexibility index (Phi) is 6.25. The quantitative estimate of drug-likeness (QED) is 0.483. The minimum absolute atomic E-state index is 0.109. The first-order valence-corrected chi connectivity index (χ1v) is 11.7. The summed E-state index contributed by atoms with van der Waals surface area (Å²) in [7, 11) is 0. The van der Waals surface area contributed by atoms with E-state index in [4.69, 9.17) is 14.2 Å². The molecule has 0 spiro atoms. The predicted molar refractivity (Wildman–Crippen MR) is 118 cm³/mol. The van der Waals surface area contributed by atoms with Crippen LogP contribution in [0.4, 0.5) is 0 Å². The Morgan fingerprint density at radius 2 is 1.94 bits per heavy atom. The molecule has 2 bridgehead atoms. The Morgan fingerprint density at radius 3 is 2.61 bits per heavy atom. The third-order valence-corrected chi connectivity index (χ3v) is 7.61. The van der Waals surface area contributed by atoms with Crippen molar-refractivity contribution in [1.82, 2.24) is 0 Å². The Bertz CT molecular complexity index is 831. The maximum Gasteiger partial charge on any atom is 0.331 e. The number of carbonyl (C=O) groups excluding carboxylic acids is 2. The summed E-state index contributed by atoms with van der Waals surface area (Å²) in [5.41, 5.74) is 0.330. The van der Waals surface area contributed by atoms with Crippen LogP contribution in [-0.2, 0) is 23.8 Å². The molecular formula is C26H34O5. The number of hydrogen-bond donors (Lipinski definition) is 0. The third-order valence-electron chi connectivity index (χ3n) is 7.61. The van der Waals surface area contributed by atoms with Crippen molar-refractivity contribution in [2.24, 2.45) is 23.7 Å². The average Bonchev–Trinajstić information content (AvgIpc) is 3.30. The van der Waals surface area contributed by atoms with Crippen molar-refractivity contribution in [1.29, 1.82) is 0 Å². The van der Waals surface area contributed by atoms with Crippen molar-refractivity contribution in [2.75, 3.05) is 0 Å². The second-order valence-corrected chi connectivity index (χ2v) is 9.68. The van der Waals surface area contributed by atoms with Gasteiger partial charge in [-0.1, -0.05) is 58.0 Å². The van der Waals surface area contributed by atoms with Gasteiger partial charge in [-0.05, 0) is 42.2 Å². The molecule has 5 heteroatoms. The van der Waals surface area contributed by atoms with Gasteiger partial charge in [0.2, 0.25) is 0 Å². The van der Waals surface area contributed by atoms with Crippen molar-refractivity contribution in [3.05, 3.63) is 42.0 Å². The molecule has 0 radical (unpaired) electrons. The zero-order valence-electron chi connectivity index (χ0n) is 19.0. The maximum absolute atomic E-state index is 12.9. The lowest BCUT2D eigenvalue weighted by atomic mass is 9.72. The molecule has 5 nitrogen and oxygen atoms in total. The van der Waals surface area contributed by atoms with Crippen molar-refractivity contribution < 1.29 is 23.8 Å². The van der Waals surface area contributed by atoms with Crippen LogP contribution in [0.3, 0.4) is 0 Å². The molecule has 0 N–H and O–H groups in total. The summed E-state index contributed by atoms with van der Waals surface area (Å²) in [6.07, 6.45) is 5.60. The molecule has 1 unspecified atom stereocenters. The molecule has 2 aliphatic heterocycles. The number of carbonyl (C=O) groups is 2. The van der Waals surface area contributed by atoms with Crippen LogP contribution in [0.1, 0.15) is 58.9 Å². The van der Waals surface area contributed by atoms with Crippen LogP contribution < -0.4 is 0 Å². The molecule has 168 valence electrons. The van der Waals surface area contributed by atoms with E-state index in [9.17, 15) is 9.59 Å². The zero-order valence-corrected chi connectivity index (χ0v) is 19.0. The fourth-order valence-corrected chi connectivity index (χ4v) is 5.98. The van der Waals surface area contributed by atoms with Crippen LogP contribution in [0.15, 0.2) is 36.4 Å². The topological polar surface area (TPSA) is 61.8 Å². The first-order valence-electron chi connectivity index (χ1n) is 11.7. The van der Waals surface area contributed by atoms with E-state index >= 15 is 0 Å². The minimum Gasteiger partial charge on any atom is -0.459 e. The predicted octanol–water partition coefficient (Wildman–Crippen LogP) is 4.79. The highest BCUT2D eigenvalue weighted by atomic mass is 16.6. The van der Waals surface area contributed by atoms with E-state index in [1.54, 1.807) is 6.08 Å². The summed E-state index contributed by atoms with van der Waals surface area (Å²) in [5.74, 6) is 0.497. The normalized spacial score (nSPS) is 36.5. The zero-order chi connectivity index (χ0) is 22.2. The lowest BCUT2D eigenvalue weighted by Gasteiger charge is -2.49. The lowest BCUT2D eigenvalue weighted by Crippen LogP contribution is -2.58. The number of rotatable bonds is 6. The summed E-state index contributed by atoms with van der Waals surface area (Å²) < 4.78 is 18.7. The van der Waals surface area contributed by atoms with Crippen LogP contribution in [-0.4, -0.2) is 35.9 Å². The molecule has 3 aliphatic rings. The van der Waals surface area contributed by atoms with Gasteiger partial charge in [0, 0.05) is 24.8 Å². The van der Waals surface area contributed by atoms with Crippen molar-refractivity contribution in [2.45, 2.75) is 77.3 Å². The second kappa shape index (κ2) is 8.78. The molecule has 2 saturated heterocycles. The molecule has 31 heavy (non-hydrogen) atoms. The molecule has 1 aliphatic carbocycles. The van der Waals surface area contributed by atoms with Crippen LogP contribution in [0.25, 0.3) is 6.08 Å². The smallest absolute Gasteiger partial charge is 0.331 e. The highest BCUT2D eigenvalue weighted by Gasteiger charge is 2.67. The number of ether oxygens (including phenoxy) is 3. The lowest BCUT2D eigenvalue weighted by molar-refractivity contribution is -0.231. The highest BCUT2D eigenvalue weighted by Crippen LogP contribution is 2.58. The molecule has 3 fully saturated rings. The van der Waals surface area contributed by atoms with Crippen molar-refractivity contribution >= 4 is 18.0 Å². The average molecular weight is 427 g/mol. The summed E-state index contributed by atoms with van der Waals surface area (Å²) in [6.45, 7) is 8.28. The van der Waals surface area contributed by atoms with Crippen molar-refractivity contribution in [3.8, 4) is 0 Å². The molecule has 1 aromatic rings. The van der Waals surface area contributed by atoms with Gasteiger partial charge in [-0.2, -0.15) is 0 Å². The molecule has 7 atom stereocenters. The van der Waals surface area contributed by atoms with Gasteiger partial charge in [-0.15, -0.1) is 0 Å². The first-order chi connectivity index (χ1) is 14.9. The van der Waals surface area contributed by atoms with E-state index in [0.29, 0.717) is 18.8 Å². The Hall–Kier alpha value is -2.14. The monoisotopic (exact) mass is 426 g/mol. The molecule has 1 aromatic carbocycles. The van der Waals surface area contributed by atoms with Gasteiger partial charge >= 0.3 is 11.9 Å². The van der Waals surface area contributed by atoms with Crippen LogP contribution in [0.2, 0.25) is 0 Å². The first kappa shape index (κ1) is 22.1. The molecule has 1 saturated carbocycles. The van der Waals surface area contributed by atoms with E-state index in [0.717, 1.165) is 18.4 Å². The van der Waals surface area contributed by atoms with Crippen LogP contribution in [0.5, 0.6) is 0 Å². The second-order valence-electron chi connectivity index (χ2n) is 9.68. The summed E-state index contributed by atoms with van der Waals surface area (Å²) in [5, 5.41) is 0. The number of hydrogen-bond acceptors (Lipinski definition) is 5. The maximum atomic E-state index is 12.9. The molecule has 2 heterocycles. The number of esters is 2. The fraction of sp³-hybridized carbons (Fsp3) is 0.615. The van der Waals surface area contributed by atoms with E-state index in [-0.39, 0.29) is 48.0 Å². The Balaban J connectivity index is 1.61. The van der Waals surface area contributed by atoms with Gasteiger partial charge in [-0.3, -0.25) is 4.79 Å². The van der Waals surface area contributed by atoms with E-state index in [1.165, 1.54) is 6.08 Å². The Labute approximate surface area is 185 Å². The van der Waals surface area contributed by atoms with E-state index in [1.807, 2.05) is 37.3 Å². The van der Waals surface area contributed by atoms with Crippen LogP contribution in [0, 0.1) is 23.7 Å². The summed E-state index contributed by atoms with van der Waals surface area (Å²) in [6, 6.07) is 9.73. The SMILES string of the molecule is CCC(=O)OC1C[C@]2(C(C)C)O[C@H]1[C@@H]1CC[C@@H](C)[C@H]1[C@@H]2OC(=O)/C=C/c1ccccc1. The summed E-state index contributed by atoms with van der Waals surface area (Å²) >= 11 is 0. The van der Waals surface area contributed by atoms with E-state index < -0.39 is 5.60 Å². The highest BCUT2D eigenvalue weighted by molar-refractivity contribution is 5.87. The van der Waals surface area contributed by atoms with Crippen LogP contribution >= 0.6 is 0 Å². The fourth-order valence-electron chi connectivity index (χ4n) is 5.98. The van der Waals surface area contributed by atoms with Gasteiger partial charge in [0.1, 0.15) is 17.8 Å². The number of benzene rings is 1. The van der Waals surface area contributed by atoms with Gasteiger partial charge in [0.15, 0.2) is 0 Å². The third kappa shape index (κ3) is 4.05. The van der Waals surface area contributed by atoms with Gasteiger partial charge < -0.3 is 14.2 Å². The molecular weight excluding hydrogens is 392 g/mol. The van der Waals surface area contributed by atoms with Crippen molar-refractivity contribution in [3.63, 3.8) is 0 Å². The van der Waals surface area contributed by atoms with Gasteiger partial charge in [0.05, 0.1) is 6.10 Å².